The highest BCUT2D eigenvalue weighted by atomic mass is 32.2. The molecule has 5 nitrogen and oxygen atoms in total. The maximum absolute atomic E-state index is 10.1. The topological polar surface area (TPSA) is 76.5 Å². The van der Waals surface area contributed by atoms with Crippen molar-refractivity contribution < 1.29 is 18.0 Å². The van der Waals surface area contributed by atoms with Gasteiger partial charge < -0.3 is 0 Å². The molecule has 0 fully saturated rings. The lowest BCUT2D eigenvalue weighted by Crippen LogP contribution is -2.06. The number of hydrogen-bond donors (Lipinski definition) is 1. The van der Waals surface area contributed by atoms with Crippen LogP contribution in [0.2, 0.25) is 0 Å². The number of aromatic nitrogens is 1. The Morgan fingerprint density at radius 1 is 1.29 bits per heavy atom. The number of nitrogens with zero attached hydrogens (tertiary/aromatic N) is 1. The fourth-order valence-electron chi connectivity index (χ4n) is 0.600. The average molecular weight is 219 g/mol. The molecule has 0 aliphatic heterocycles. The van der Waals surface area contributed by atoms with Crippen molar-refractivity contribution in [3.8, 4) is 0 Å². The molecule has 1 rings (SSSR count). The van der Waals surface area contributed by atoms with E-state index >= 15 is 0 Å². The zero-order valence-electron chi connectivity index (χ0n) is 7.83. The van der Waals surface area contributed by atoms with Crippen LogP contribution >= 0.6 is 0 Å². The molecule has 1 aromatic heterocycles. The van der Waals surface area contributed by atoms with E-state index in [2.05, 4.69) is 9.32 Å². The van der Waals surface area contributed by atoms with Crippen LogP contribution in [-0.4, -0.2) is 24.4 Å². The van der Waals surface area contributed by atoms with E-state index in [9.17, 15) is 8.42 Å². The van der Waals surface area contributed by atoms with E-state index in [0.717, 1.165) is 0 Å². The summed E-state index contributed by atoms with van der Waals surface area (Å²) in [6.07, 6.45) is 3.95. The minimum atomic E-state index is -3.61. The summed E-state index contributed by atoms with van der Waals surface area (Å²) >= 11 is 0. The van der Waals surface area contributed by atoms with E-state index in [0.29, 0.717) is 6.42 Å². The predicted molar refractivity (Wildman–Crippen MR) is 52.0 cm³/mol. The molecule has 80 valence electrons. The van der Waals surface area contributed by atoms with Crippen LogP contribution in [0.15, 0.2) is 30.6 Å². The third-order valence-corrected chi connectivity index (χ3v) is 2.27. The zero-order chi connectivity index (χ0) is 10.9. The quantitative estimate of drug-likeness (QED) is 0.612. The van der Waals surface area contributed by atoms with Gasteiger partial charge in [-0.05, 0) is 18.6 Å². The standard InChI is InChI=1S/C5H5N.C3H8O4S/c1-2-4-6-5-3-1;1-2-3-8(5,6)7-4/h1-5H;4H,2-3H2,1H3. The summed E-state index contributed by atoms with van der Waals surface area (Å²) in [4.78, 5) is 3.78. The first-order valence-corrected chi connectivity index (χ1v) is 5.61. The fraction of sp³-hybridized carbons (Fsp3) is 0.375. The van der Waals surface area contributed by atoms with E-state index in [4.69, 9.17) is 5.26 Å². The van der Waals surface area contributed by atoms with Crippen LogP contribution < -0.4 is 0 Å². The first-order valence-electron chi connectivity index (χ1n) is 4.03. The van der Waals surface area contributed by atoms with Gasteiger partial charge in [-0.2, -0.15) is 8.42 Å². The summed E-state index contributed by atoms with van der Waals surface area (Å²) in [6, 6.07) is 5.72. The molecule has 0 aromatic carbocycles. The van der Waals surface area contributed by atoms with Crippen molar-refractivity contribution in [3.05, 3.63) is 30.6 Å². The molecule has 0 amide bonds. The van der Waals surface area contributed by atoms with Gasteiger partial charge >= 0.3 is 0 Å². The molecule has 1 aromatic rings. The molecule has 0 bridgehead atoms. The van der Waals surface area contributed by atoms with Crippen LogP contribution in [0.4, 0.5) is 0 Å². The lowest BCUT2D eigenvalue weighted by Gasteiger charge is -1.92. The van der Waals surface area contributed by atoms with Gasteiger partial charge in [0.2, 0.25) is 0 Å². The van der Waals surface area contributed by atoms with E-state index < -0.39 is 10.1 Å². The lowest BCUT2D eigenvalue weighted by molar-refractivity contribution is -0.130. The Balaban J connectivity index is 0.000000249. The van der Waals surface area contributed by atoms with Crippen LogP contribution in [0.1, 0.15) is 13.3 Å². The number of hydrogen-bond acceptors (Lipinski definition) is 5. The highest BCUT2D eigenvalue weighted by Gasteiger charge is 2.06. The maximum Gasteiger partial charge on any atom is 0.293 e. The molecule has 6 heteroatoms. The van der Waals surface area contributed by atoms with E-state index in [1.807, 2.05) is 18.2 Å². The van der Waals surface area contributed by atoms with Crippen molar-refractivity contribution in [2.45, 2.75) is 13.3 Å². The third kappa shape index (κ3) is 7.66. The molecular weight excluding hydrogens is 206 g/mol. The van der Waals surface area contributed by atoms with Gasteiger partial charge in [-0.3, -0.25) is 4.98 Å². The van der Waals surface area contributed by atoms with Crippen molar-refractivity contribution in [1.29, 1.82) is 0 Å². The number of pyridine rings is 1. The highest BCUT2D eigenvalue weighted by molar-refractivity contribution is 7.86. The second-order valence-corrected chi connectivity index (χ2v) is 4.03. The summed E-state index contributed by atoms with van der Waals surface area (Å²) in [7, 11) is -3.61. The largest absolute Gasteiger partial charge is 0.293 e. The Morgan fingerprint density at radius 3 is 2.00 bits per heavy atom. The number of rotatable bonds is 3. The van der Waals surface area contributed by atoms with Gasteiger partial charge in [-0.25, -0.2) is 5.26 Å². The summed E-state index contributed by atoms with van der Waals surface area (Å²) in [5, 5.41) is 7.64. The highest BCUT2D eigenvalue weighted by Crippen LogP contribution is 1.90. The van der Waals surface area contributed by atoms with Gasteiger partial charge in [0.1, 0.15) is 0 Å². The Labute approximate surface area is 83.4 Å². The molecule has 0 radical (unpaired) electrons. The fourth-order valence-corrected chi connectivity index (χ4v) is 1.17. The van der Waals surface area contributed by atoms with Crippen molar-refractivity contribution in [2.24, 2.45) is 0 Å². The van der Waals surface area contributed by atoms with Crippen molar-refractivity contribution in [1.82, 2.24) is 4.98 Å². The Morgan fingerprint density at radius 2 is 1.86 bits per heavy atom. The van der Waals surface area contributed by atoms with Crippen LogP contribution in [-0.2, 0) is 14.5 Å². The molecular formula is C8H13NO4S. The normalized spacial score (nSPS) is 10.1. The second-order valence-electron chi connectivity index (χ2n) is 2.36. The third-order valence-electron chi connectivity index (χ3n) is 1.13. The van der Waals surface area contributed by atoms with Gasteiger partial charge in [-0.1, -0.05) is 13.0 Å². The summed E-state index contributed by atoms with van der Waals surface area (Å²) in [6.45, 7) is 1.68. The maximum atomic E-state index is 10.1. The van der Waals surface area contributed by atoms with E-state index in [-0.39, 0.29) is 5.75 Å². The SMILES string of the molecule is CCCS(=O)(=O)OO.c1ccncc1. The van der Waals surface area contributed by atoms with Gasteiger partial charge in [0.15, 0.2) is 0 Å². The van der Waals surface area contributed by atoms with Crippen LogP contribution in [0.3, 0.4) is 0 Å². The van der Waals surface area contributed by atoms with Crippen molar-refractivity contribution in [2.75, 3.05) is 5.75 Å². The van der Waals surface area contributed by atoms with E-state index in [1.165, 1.54) is 0 Å². The smallest absolute Gasteiger partial charge is 0.265 e. The summed E-state index contributed by atoms with van der Waals surface area (Å²) in [5.41, 5.74) is 0. The van der Waals surface area contributed by atoms with Gasteiger partial charge in [0.05, 0.1) is 5.75 Å². The minimum absolute atomic E-state index is 0.135. The van der Waals surface area contributed by atoms with Gasteiger partial charge in [0, 0.05) is 12.4 Å². The Hall–Kier alpha value is -0.980. The summed E-state index contributed by atoms with van der Waals surface area (Å²) < 4.78 is 23.4. The Bertz CT molecular complexity index is 285. The van der Waals surface area contributed by atoms with Gasteiger partial charge in [-0.15, -0.1) is 4.33 Å². The van der Waals surface area contributed by atoms with Gasteiger partial charge in [0.25, 0.3) is 10.1 Å². The van der Waals surface area contributed by atoms with Crippen LogP contribution in [0, 0.1) is 0 Å². The molecule has 0 aliphatic carbocycles. The summed E-state index contributed by atoms with van der Waals surface area (Å²) in [5.74, 6) is -0.135. The molecule has 0 spiro atoms. The predicted octanol–water partition coefficient (Wildman–Crippen LogP) is 1.30. The van der Waals surface area contributed by atoms with Crippen LogP contribution in [0.5, 0.6) is 0 Å². The molecule has 0 atom stereocenters. The second kappa shape index (κ2) is 7.43. The molecule has 0 saturated heterocycles. The van der Waals surface area contributed by atoms with Crippen molar-refractivity contribution >= 4 is 10.1 Å². The lowest BCUT2D eigenvalue weighted by atomic mass is 10.5. The average Bonchev–Trinajstić information content (AvgIpc) is 2.21. The minimum Gasteiger partial charge on any atom is -0.265 e. The monoisotopic (exact) mass is 219 g/mol. The van der Waals surface area contributed by atoms with E-state index in [1.54, 1.807) is 19.3 Å². The molecule has 1 heterocycles. The Kier molecular flexibility index (Phi) is 6.91. The van der Waals surface area contributed by atoms with Crippen LogP contribution in [0.25, 0.3) is 0 Å². The molecule has 1 N–H and O–H groups in total. The van der Waals surface area contributed by atoms with Crippen molar-refractivity contribution in [3.63, 3.8) is 0 Å². The first kappa shape index (κ1) is 13.0. The molecule has 0 aliphatic rings. The molecule has 0 saturated carbocycles. The first-order chi connectivity index (χ1) is 6.62. The zero-order valence-corrected chi connectivity index (χ0v) is 8.64. The molecule has 0 unspecified atom stereocenters. The molecule has 14 heavy (non-hydrogen) atoms.